The first-order valence-corrected chi connectivity index (χ1v) is 5.24. The van der Waals surface area contributed by atoms with Crippen molar-refractivity contribution in [1.29, 1.82) is 0 Å². The summed E-state index contributed by atoms with van der Waals surface area (Å²) in [5.74, 6) is 0. The van der Waals surface area contributed by atoms with Gasteiger partial charge in [-0.1, -0.05) is 36.0 Å². The Labute approximate surface area is 85.1 Å². The van der Waals surface area contributed by atoms with Crippen LogP contribution in [0.2, 0.25) is 0 Å². The second-order valence-corrected chi connectivity index (χ2v) is 4.20. The predicted octanol–water partition coefficient (Wildman–Crippen LogP) is 3.45. The number of hydrogen-bond acceptors (Lipinski definition) is 1. The maximum atomic E-state index is 4.42. The van der Waals surface area contributed by atoms with Crippen LogP contribution in [0.15, 0.2) is 47.1 Å². The van der Waals surface area contributed by atoms with E-state index in [0.29, 0.717) is 0 Å². The average Bonchev–Trinajstić information content (AvgIpc) is 2.30. The highest BCUT2D eigenvalue weighted by atomic mass is 32.1. The Balaban J connectivity index is 2.45. The van der Waals surface area contributed by atoms with Gasteiger partial charge in [0.05, 0.1) is 0 Å². The molecule has 2 aliphatic carbocycles. The zero-order valence-electron chi connectivity index (χ0n) is 7.83. The monoisotopic (exact) mass is 190 g/mol. The van der Waals surface area contributed by atoms with Crippen molar-refractivity contribution in [3.63, 3.8) is 0 Å². The zero-order valence-corrected chi connectivity index (χ0v) is 8.72. The van der Waals surface area contributed by atoms with Gasteiger partial charge in [-0.3, -0.25) is 0 Å². The minimum atomic E-state index is 0.270. The molecule has 0 spiro atoms. The van der Waals surface area contributed by atoms with E-state index >= 15 is 0 Å². The molecular formula is C12H14S. The molecule has 1 heteroatoms. The highest BCUT2D eigenvalue weighted by Gasteiger charge is 2.10. The van der Waals surface area contributed by atoms with Crippen LogP contribution in [0.3, 0.4) is 0 Å². The van der Waals surface area contributed by atoms with E-state index in [-0.39, 0.29) is 5.25 Å². The maximum Gasteiger partial charge on any atom is 0.0383 e. The van der Waals surface area contributed by atoms with Gasteiger partial charge in [0, 0.05) is 5.25 Å². The quantitative estimate of drug-likeness (QED) is 0.556. The second-order valence-electron chi connectivity index (χ2n) is 3.60. The van der Waals surface area contributed by atoms with Gasteiger partial charge < -0.3 is 0 Å². The van der Waals surface area contributed by atoms with Crippen molar-refractivity contribution in [3.8, 4) is 0 Å². The lowest BCUT2D eigenvalue weighted by Crippen LogP contribution is -1.94. The summed E-state index contributed by atoms with van der Waals surface area (Å²) in [5.41, 5.74) is 4.27. The van der Waals surface area contributed by atoms with E-state index < -0.39 is 0 Å². The van der Waals surface area contributed by atoms with Crippen molar-refractivity contribution in [1.82, 2.24) is 0 Å². The summed E-state index contributed by atoms with van der Waals surface area (Å²) < 4.78 is 0. The van der Waals surface area contributed by atoms with E-state index in [1.165, 1.54) is 29.6 Å². The van der Waals surface area contributed by atoms with Gasteiger partial charge in [0.2, 0.25) is 0 Å². The molecule has 2 rings (SSSR count). The van der Waals surface area contributed by atoms with Gasteiger partial charge in [0.15, 0.2) is 0 Å². The predicted molar refractivity (Wildman–Crippen MR) is 61.1 cm³/mol. The van der Waals surface area contributed by atoms with Gasteiger partial charge in [-0.2, -0.15) is 12.6 Å². The van der Waals surface area contributed by atoms with E-state index in [0.717, 1.165) is 0 Å². The van der Waals surface area contributed by atoms with Crippen LogP contribution < -0.4 is 0 Å². The van der Waals surface area contributed by atoms with Crippen LogP contribution in [0.1, 0.15) is 19.8 Å². The standard InChI is InChI=1S/C12H14S/c1-9-3-2-4-10-5-6-11(13)7-8-12(9)10/h4-8,11,13H,2-3H2,1H3. The molecule has 0 amide bonds. The Bertz CT molecular complexity index is 329. The molecule has 13 heavy (non-hydrogen) atoms. The van der Waals surface area contributed by atoms with Crippen LogP contribution in [0.25, 0.3) is 0 Å². The molecule has 0 aliphatic heterocycles. The van der Waals surface area contributed by atoms with Gasteiger partial charge >= 0.3 is 0 Å². The molecule has 1 unspecified atom stereocenters. The molecule has 1 atom stereocenters. The highest BCUT2D eigenvalue weighted by Crippen LogP contribution is 2.29. The smallest absolute Gasteiger partial charge is 0.0383 e. The molecule has 68 valence electrons. The van der Waals surface area contributed by atoms with Gasteiger partial charge in [-0.05, 0) is 30.9 Å². The third-order valence-electron chi connectivity index (χ3n) is 2.59. The van der Waals surface area contributed by atoms with Crippen LogP contribution in [0, 0.1) is 0 Å². The summed E-state index contributed by atoms with van der Waals surface area (Å²) in [7, 11) is 0. The molecule has 0 fully saturated rings. The molecule has 0 nitrogen and oxygen atoms in total. The van der Waals surface area contributed by atoms with Gasteiger partial charge in [-0.15, -0.1) is 0 Å². The Hall–Kier alpha value is -0.690. The first kappa shape index (κ1) is 8.89. The average molecular weight is 190 g/mol. The van der Waals surface area contributed by atoms with E-state index in [4.69, 9.17) is 0 Å². The van der Waals surface area contributed by atoms with E-state index in [1.807, 2.05) is 0 Å². The Kier molecular flexibility index (Phi) is 2.45. The largest absolute Gasteiger partial charge is 0.167 e. The van der Waals surface area contributed by atoms with Crippen LogP contribution in [0.5, 0.6) is 0 Å². The fraction of sp³-hybridized carbons (Fsp3) is 0.333. The number of thiol groups is 1. The summed E-state index contributed by atoms with van der Waals surface area (Å²) in [4.78, 5) is 0. The summed E-state index contributed by atoms with van der Waals surface area (Å²) >= 11 is 4.42. The third kappa shape index (κ3) is 1.80. The van der Waals surface area contributed by atoms with E-state index in [2.05, 4.69) is 49.9 Å². The van der Waals surface area contributed by atoms with E-state index in [9.17, 15) is 0 Å². The minimum absolute atomic E-state index is 0.270. The minimum Gasteiger partial charge on any atom is -0.167 e. The van der Waals surface area contributed by atoms with Crippen molar-refractivity contribution in [3.05, 3.63) is 47.1 Å². The van der Waals surface area contributed by atoms with E-state index in [1.54, 1.807) is 0 Å². The van der Waals surface area contributed by atoms with Crippen molar-refractivity contribution in [2.75, 3.05) is 0 Å². The highest BCUT2D eigenvalue weighted by molar-refractivity contribution is 7.81. The second kappa shape index (κ2) is 3.59. The van der Waals surface area contributed by atoms with Gasteiger partial charge in [-0.25, -0.2) is 0 Å². The Morgan fingerprint density at radius 1 is 1.31 bits per heavy atom. The number of allylic oxidation sites excluding steroid dienone is 6. The first-order chi connectivity index (χ1) is 6.27. The normalized spacial score (nSPS) is 26.9. The fourth-order valence-electron chi connectivity index (χ4n) is 1.79. The zero-order chi connectivity index (χ0) is 9.26. The molecule has 0 aromatic rings. The summed E-state index contributed by atoms with van der Waals surface area (Å²) in [6.45, 7) is 2.22. The molecule has 0 radical (unpaired) electrons. The van der Waals surface area contributed by atoms with Crippen LogP contribution in [0.4, 0.5) is 0 Å². The lowest BCUT2D eigenvalue weighted by molar-refractivity contribution is 0.938. The lowest BCUT2D eigenvalue weighted by Gasteiger charge is -2.13. The van der Waals surface area contributed by atoms with Crippen LogP contribution in [-0.4, -0.2) is 5.25 Å². The Morgan fingerprint density at radius 2 is 2.08 bits per heavy atom. The lowest BCUT2D eigenvalue weighted by atomic mass is 9.92. The van der Waals surface area contributed by atoms with Crippen molar-refractivity contribution < 1.29 is 0 Å². The van der Waals surface area contributed by atoms with Gasteiger partial charge in [0.25, 0.3) is 0 Å². The van der Waals surface area contributed by atoms with Crippen LogP contribution >= 0.6 is 12.6 Å². The molecule has 2 aliphatic rings. The number of rotatable bonds is 0. The molecule has 0 N–H and O–H groups in total. The number of hydrogen-bond donors (Lipinski definition) is 1. The molecule has 0 heterocycles. The Morgan fingerprint density at radius 3 is 2.92 bits per heavy atom. The van der Waals surface area contributed by atoms with Gasteiger partial charge in [0.1, 0.15) is 0 Å². The molecule has 0 saturated carbocycles. The fourth-order valence-corrected chi connectivity index (χ4v) is 1.96. The summed E-state index contributed by atoms with van der Waals surface area (Å²) in [5, 5.41) is 0.270. The topological polar surface area (TPSA) is 0 Å². The SMILES string of the molecule is CC1=C2C=CC(S)C=CC2=CCC1. The molecule has 0 bridgehead atoms. The molecule has 0 aromatic carbocycles. The first-order valence-electron chi connectivity index (χ1n) is 4.72. The number of fused-ring (bicyclic) bond motifs is 1. The maximum absolute atomic E-state index is 4.42. The summed E-state index contributed by atoms with van der Waals surface area (Å²) in [6.07, 6.45) is 13.4. The van der Waals surface area contributed by atoms with Crippen molar-refractivity contribution >= 4 is 12.6 Å². The van der Waals surface area contributed by atoms with Crippen molar-refractivity contribution in [2.45, 2.75) is 25.0 Å². The van der Waals surface area contributed by atoms with Crippen LogP contribution in [-0.2, 0) is 0 Å². The molecule has 0 aromatic heterocycles. The summed E-state index contributed by atoms with van der Waals surface area (Å²) in [6, 6.07) is 0. The van der Waals surface area contributed by atoms with Crippen molar-refractivity contribution in [2.24, 2.45) is 0 Å². The molecule has 0 saturated heterocycles. The molecular weight excluding hydrogens is 176 g/mol. The third-order valence-corrected chi connectivity index (χ3v) is 2.93.